The maximum atomic E-state index is 13.6. The van der Waals surface area contributed by atoms with Gasteiger partial charge in [0.15, 0.2) is 0 Å². The molecule has 0 saturated carbocycles. The molecule has 1 unspecified atom stereocenters. The third-order valence-corrected chi connectivity index (χ3v) is 5.30. The van der Waals surface area contributed by atoms with Crippen LogP contribution in [0.25, 0.3) is 10.7 Å². The van der Waals surface area contributed by atoms with E-state index in [1.807, 2.05) is 24.3 Å². The van der Waals surface area contributed by atoms with E-state index in [1.54, 1.807) is 29.7 Å². The van der Waals surface area contributed by atoms with Crippen molar-refractivity contribution in [3.63, 3.8) is 0 Å². The summed E-state index contributed by atoms with van der Waals surface area (Å²) in [5.41, 5.74) is 2.95. The second-order valence-electron chi connectivity index (χ2n) is 6.10. The number of halogens is 1. The zero-order valence-electron chi connectivity index (χ0n) is 13.7. The van der Waals surface area contributed by atoms with Crippen LogP contribution >= 0.6 is 11.3 Å². The number of pyridine rings is 1. The Bertz CT molecular complexity index is 836. The van der Waals surface area contributed by atoms with Crippen molar-refractivity contribution in [1.29, 1.82) is 0 Å². The molecule has 3 aromatic rings. The first-order chi connectivity index (χ1) is 12.3. The van der Waals surface area contributed by atoms with Crippen LogP contribution in [0, 0.1) is 5.82 Å². The topological polar surface area (TPSA) is 41.0 Å². The highest BCUT2D eigenvalue weighted by molar-refractivity contribution is 7.13. The van der Waals surface area contributed by atoms with E-state index >= 15 is 0 Å². The minimum Gasteiger partial charge on any atom is -0.314 e. The molecule has 2 aromatic heterocycles. The lowest BCUT2D eigenvalue weighted by Crippen LogP contribution is -2.45. The molecule has 1 aromatic carbocycles. The average Bonchev–Trinajstić information content (AvgIpc) is 3.11. The number of piperazine rings is 1. The van der Waals surface area contributed by atoms with Gasteiger partial charge in [0.25, 0.3) is 0 Å². The lowest BCUT2D eigenvalue weighted by Gasteiger charge is -2.36. The summed E-state index contributed by atoms with van der Waals surface area (Å²) in [4.78, 5) is 11.5. The SMILES string of the molecule is Fc1cccc(C2CNCCN2Cc2csc(-c3ccccn3)n2)c1. The summed E-state index contributed by atoms with van der Waals surface area (Å²) >= 11 is 1.61. The molecule has 0 aliphatic carbocycles. The van der Waals surface area contributed by atoms with Crippen molar-refractivity contribution in [3.8, 4) is 10.7 Å². The van der Waals surface area contributed by atoms with E-state index in [9.17, 15) is 4.39 Å². The first-order valence-electron chi connectivity index (χ1n) is 8.35. The molecule has 1 saturated heterocycles. The predicted molar refractivity (Wildman–Crippen MR) is 97.8 cm³/mol. The summed E-state index contributed by atoms with van der Waals surface area (Å²) in [5, 5.41) is 6.44. The van der Waals surface area contributed by atoms with Gasteiger partial charge in [0, 0.05) is 43.8 Å². The van der Waals surface area contributed by atoms with E-state index in [2.05, 4.69) is 20.6 Å². The molecule has 3 heterocycles. The smallest absolute Gasteiger partial charge is 0.142 e. The van der Waals surface area contributed by atoms with Crippen LogP contribution < -0.4 is 5.32 Å². The van der Waals surface area contributed by atoms with E-state index in [1.165, 1.54) is 6.07 Å². The van der Waals surface area contributed by atoms with Crippen LogP contribution in [0.2, 0.25) is 0 Å². The summed E-state index contributed by atoms with van der Waals surface area (Å²) in [5.74, 6) is -0.186. The van der Waals surface area contributed by atoms with Crippen molar-refractivity contribution in [2.24, 2.45) is 0 Å². The van der Waals surface area contributed by atoms with Crippen LogP contribution in [-0.2, 0) is 6.54 Å². The number of thiazole rings is 1. The van der Waals surface area contributed by atoms with Crippen LogP contribution in [-0.4, -0.2) is 34.5 Å². The first kappa shape index (κ1) is 16.3. The molecule has 1 atom stereocenters. The van der Waals surface area contributed by atoms with Gasteiger partial charge in [-0.2, -0.15) is 0 Å². The molecule has 4 nitrogen and oxygen atoms in total. The molecule has 1 aliphatic rings. The Labute approximate surface area is 150 Å². The van der Waals surface area contributed by atoms with Crippen molar-refractivity contribution in [1.82, 2.24) is 20.2 Å². The van der Waals surface area contributed by atoms with Crippen molar-refractivity contribution in [3.05, 3.63) is 71.1 Å². The van der Waals surface area contributed by atoms with Crippen molar-refractivity contribution in [2.45, 2.75) is 12.6 Å². The van der Waals surface area contributed by atoms with Gasteiger partial charge in [0.1, 0.15) is 10.8 Å². The van der Waals surface area contributed by atoms with Crippen LogP contribution in [0.15, 0.2) is 54.0 Å². The van der Waals surface area contributed by atoms with E-state index < -0.39 is 0 Å². The second-order valence-corrected chi connectivity index (χ2v) is 6.96. The summed E-state index contributed by atoms with van der Waals surface area (Å²) in [7, 11) is 0. The Morgan fingerprint density at radius 2 is 2.20 bits per heavy atom. The number of hydrogen-bond acceptors (Lipinski definition) is 5. The largest absolute Gasteiger partial charge is 0.314 e. The molecular formula is C19H19FN4S. The fraction of sp³-hybridized carbons (Fsp3) is 0.263. The molecule has 0 amide bonds. The monoisotopic (exact) mass is 354 g/mol. The zero-order valence-corrected chi connectivity index (χ0v) is 14.5. The Balaban J connectivity index is 1.53. The number of hydrogen-bond donors (Lipinski definition) is 1. The maximum absolute atomic E-state index is 13.6. The number of aromatic nitrogens is 2. The standard InChI is InChI=1S/C19H19FN4S/c20-15-5-3-4-14(10-15)18-11-21-8-9-24(18)12-16-13-25-19(23-16)17-6-1-2-7-22-17/h1-7,10,13,18,21H,8-9,11-12H2. The molecule has 4 rings (SSSR count). The van der Waals surface area contributed by atoms with Gasteiger partial charge in [0.2, 0.25) is 0 Å². The summed E-state index contributed by atoms with van der Waals surface area (Å²) in [6.45, 7) is 3.42. The second kappa shape index (κ2) is 7.39. The normalized spacial score (nSPS) is 18.4. The van der Waals surface area contributed by atoms with E-state index in [-0.39, 0.29) is 11.9 Å². The molecule has 0 spiro atoms. The van der Waals surface area contributed by atoms with Crippen LogP contribution in [0.3, 0.4) is 0 Å². The van der Waals surface area contributed by atoms with Gasteiger partial charge in [-0.05, 0) is 29.8 Å². The van der Waals surface area contributed by atoms with Gasteiger partial charge >= 0.3 is 0 Å². The quantitative estimate of drug-likeness (QED) is 0.779. The summed E-state index contributed by atoms with van der Waals surface area (Å²) < 4.78 is 13.6. The Morgan fingerprint density at radius 1 is 1.24 bits per heavy atom. The van der Waals surface area contributed by atoms with E-state index in [0.717, 1.165) is 48.1 Å². The minimum atomic E-state index is -0.186. The van der Waals surface area contributed by atoms with Crippen molar-refractivity contribution >= 4 is 11.3 Å². The lowest BCUT2D eigenvalue weighted by atomic mass is 10.0. The molecule has 1 aliphatic heterocycles. The number of nitrogens with zero attached hydrogens (tertiary/aromatic N) is 3. The molecule has 6 heteroatoms. The number of rotatable bonds is 4. The Hall–Kier alpha value is -2.15. The van der Waals surface area contributed by atoms with Crippen molar-refractivity contribution in [2.75, 3.05) is 19.6 Å². The van der Waals surface area contributed by atoms with E-state index in [0.29, 0.717) is 0 Å². The summed E-state index contributed by atoms with van der Waals surface area (Å²) in [6, 6.07) is 12.9. The third-order valence-electron chi connectivity index (χ3n) is 4.39. The molecule has 1 N–H and O–H groups in total. The van der Waals surface area contributed by atoms with Gasteiger partial charge in [0.05, 0.1) is 11.4 Å². The molecule has 1 fully saturated rings. The first-order valence-corrected chi connectivity index (χ1v) is 9.23. The number of nitrogens with one attached hydrogen (secondary N) is 1. The zero-order chi connectivity index (χ0) is 17.1. The molecule has 25 heavy (non-hydrogen) atoms. The number of benzene rings is 1. The molecular weight excluding hydrogens is 335 g/mol. The fourth-order valence-electron chi connectivity index (χ4n) is 3.17. The molecule has 128 valence electrons. The lowest BCUT2D eigenvalue weighted by molar-refractivity contribution is 0.152. The fourth-order valence-corrected chi connectivity index (χ4v) is 3.96. The average molecular weight is 354 g/mol. The van der Waals surface area contributed by atoms with Gasteiger partial charge in [-0.1, -0.05) is 18.2 Å². The maximum Gasteiger partial charge on any atom is 0.142 e. The van der Waals surface area contributed by atoms with E-state index in [4.69, 9.17) is 4.98 Å². The summed E-state index contributed by atoms with van der Waals surface area (Å²) in [6.07, 6.45) is 1.78. The molecule has 0 radical (unpaired) electrons. The highest BCUT2D eigenvalue weighted by Gasteiger charge is 2.24. The van der Waals surface area contributed by atoms with Crippen LogP contribution in [0.5, 0.6) is 0 Å². The predicted octanol–water partition coefficient (Wildman–Crippen LogP) is 3.49. The van der Waals surface area contributed by atoms with Gasteiger partial charge in [-0.3, -0.25) is 9.88 Å². The van der Waals surface area contributed by atoms with Gasteiger partial charge in [-0.15, -0.1) is 11.3 Å². The molecule has 0 bridgehead atoms. The van der Waals surface area contributed by atoms with Crippen LogP contribution in [0.4, 0.5) is 4.39 Å². The minimum absolute atomic E-state index is 0.157. The highest BCUT2D eigenvalue weighted by Crippen LogP contribution is 2.27. The Kier molecular flexibility index (Phi) is 4.83. The van der Waals surface area contributed by atoms with Gasteiger partial charge < -0.3 is 5.32 Å². The van der Waals surface area contributed by atoms with Crippen LogP contribution in [0.1, 0.15) is 17.3 Å². The van der Waals surface area contributed by atoms with Gasteiger partial charge in [-0.25, -0.2) is 9.37 Å². The highest BCUT2D eigenvalue weighted by atomic mass is 32.1. The van der Waals surface area contributed by atoms with Crippen molar-refractivity contribution < 1.29 is 4.39 Å². The Morgan fingerprint density at radius 3 is 3.04 bits per heavy atom. The third kappa shape index (κ3) is 3.76.